The van der Waals surface area contributed by atoms with Crippen LogP contribution in [0.15, 0.2) is 11.5 Å². The quantitative estimate of drug-likeness (QED) is 0.297. The van der Waals surface area contributed by atoms with Crippen LogP contribution in [0.25, 0.3) is 0 Å². The van der Waals surface area contributed by atoms with E-state index < -0.39 is 5.97 Å². The molecule has 0 aliphatic heterocycles. The molecule has 0 aromatic carbocycles. The number of hydrogen-bond donors (Lipinski definition) is 1. The molecule has 3 heteroatoms. The monoisotopic (exact) mass is 300 g/mol. The van der Waals surface area contributed by atoms with Gasteiger partial charge in [-0.2, -0.15) is 0 Å². The van der Waals surface area contributed by atoms with Gasteiger partial charge in [0.2, 0.25) is 0 Å². The lowest BCUT2D eigenvalue weighted by atomic mass is 10.1. The lowest BCUT2D eigenvalue weighted by molar-refractivity contribution is -0.131. The minimum absolute atomic E-state index is 0.854. The first kappa shape index (κ1) is 19.6. The zero-order valence-corrected chi connectivity index (χ0v) is 13.9. The fourth-order valence-electron chi connectivity index (χ4n) is 2.20. The van der Waals surface area contributed by atoms with Gasteiger partial charge in [-0.1, -0.05) is 77.6 Å². The molecule has 0 aliphatic carbocycles. The van der Waals surface area contributed by atoms with E-state index >= 15 is 0 Å². The summed E-state index contributed by atoms with van der Waals surface area (Å²) in [5.41, 5.74) is 0. The molecule has 0 spiro atoms. The maximum Gasteiger partial charge on any atom is 0.328 e. The third kappa shape index (κ3) is 17.6. The smallest absolute Gasteiger partial charge is 0.328 e. The lowest BCUT2D eigenvalue weighted by Gasteiger charge is -2.02. The van der Waals surface area contributed by atoms with Crippen molar-refractivity contribution in [2.45, 2.75) is 84.0 Å². The number of carbonyl (C=O) groups is 1. The molecule has 0 fully saturated rings. The summed E-state index contributed by atoms with van der Waals surface area (Å²) in [5, 5.41) is 10.1. The Morgan fingerprint density at radius 2 is 1.30 bits per heavy atom. The van der Waals surface area contributed by atoms with Crippen LogP contribution in [-0.4, -0.2) is 16.8 Å². The van der Waals surface area contributed by atoms with E-state index in [1.807, 2.05) is 0 Å². The van der Waals surface area contributed by atoms with Gasteiger partial charge in [-0.3, -0.25) is 0 Å². The lowest BCUT2D eigenvalue weighted by Crippen LogP contribution is -1.85. The Hall–Kier alpha value is -0.440. The van der Waals surface area contributed by atoms with Crippen LogP contribution in [0.2, 0.25) is 0 Å². The Morgan fingerprint density at radius 1 is 0.850 bits per heavy atom. The zero-order valence-electron chi connectivity index (χ0n) is 13.1. The molecule has 1 N–H and O–H groups in total. The van der Waals surface area contributed by atoms with Gasteiger partial charge in [0.15, 0.2) is 0 Å². The van der Waals surface area contributed by atoms with E-state index in [1.54, 1.807) is 17.2 Å². The first-order valence-corrected chi connectivity index (χ1v) is 9.33. The largest absolute Gasteiger partial charge is 0.478 e. The van der Waals surface area contributed by atoms with Gasteiger partial charge in [0.1, 0.15) is 0 Å². The normalized spacial score (nSPS) is 11.2. The molecule has 0 bridgehead atoms. The summed E-state index contributed by atoms with van der Waals surface area (Å²) in [5.74, 6) is 0.188. The van der Waals surface area contributed by atoms with Crippen LogP contribution in [0.3, 0.4) is 0 Å². The molecule has 0 atom stereocenters. The van der Waals surface area contributed by atoms with Crippen molar-refractivity contribution in [1.82, 2.24) is 0 Å². The average molecular weight is 301 g/mol. The minimum atomic E-state index is -0.854. The van der Waals surface area contributed by atoms with Crippen molar-refractivity contribution in [1.29, 1.82) is 0 Å². The number of thioether (sulfide) groups is 1. The van der Waals surface area contributed by atoms with Gasteiger partial charge in [-0.15, -0.1) is 11.8 Å². The van der Waals surface area contributed by atoms with Crippen LogP contribution >= 0.6 is 11.8 Å². The van der Waals surface area contributed by atoms with Gasteiger partial charge < -0.3 is 5.11 Å². The van der Waals surface area contributed by atoms with Crippen molar-refractivity contribution in [3.05, 3.63) is 11.5 Å². The number of rotatable bonds is 15. The van der Waals surface area contributed by atoms with Crippen LogP contribution < -0.4 is 0 Å². The molecular formula is C17H32O2S. The first-order chi connectivity index (χ1) is 9.77. The third-order valence-electron chi connectivity index (χ3n) is 3.42. The van der Waals surface area contributed by atoms with Gasteiger partial charge in [-0.05, 0) is 17.6 Å². The highest BCUT2D eigenvalue weighted by atomic mass is 32.2. The Bertz CT molecular complexity index is 239. The molecule has 118 valence electrons. The second kappa shape index (κ2) is 16.6. The predicted octanol–water partition coefficient (Wildman–Crippen LogP) is 6.02. The van der Waals surface area contributed by atoms with E-state index in [0.29, 0.717) is 0 Å². The van der Waals surface area contributed by atoms with Crippen LogP contribution in [0.4, 0.5) is 0 Å². The third-order valence-corrected chi connectivity index (χ3v) is 4.28. The van der Waals surface area contributed by atoms with Gasteiger partial charge in [-0.25, -0.2) is 4.79 Å². The Kier molecular flexibility index (Phi) is 16.2. The van der Waals surface area contributed by atoms with E-state index in [4.69, 9.17) is 5.11 Å². The summed E-state index contributed by atoms with van der Waals surface area (Å²) in [7, 11) is 0. The number of hydrogen-bond acceptors (Lipinski definition) is 2. The Labute approximate surface area is 129 Å². The number of aliphatic carboxylic acids is 1. The summed E-state index contributed by atoms with van der Waals surface area (Å²) in [6, 6.07) is 0. The molecule has 2 nitrogen and oxygen atoms in total. The van der Waals surface area contributed by atoms with Crippen molar-refractivity contribution >= 4 is 17.7 Å². The van der Waals surface area contributed by atoms with Gasteiger partial charge in [0, 0.05) is 6.08 Å². The molecule has 0 saturated carbocycles. The highest BCUT2D eigenvalue weighted by molar-refractivity contribution is 8.02. The summed E-state index contributed by atoms with van der Waals surface area (Å²) >= 11 is 1.60. The van der Waals surface area contributed by atoms with Crippen LogP contribution in [0, 0.1) is 0 Å². The van der Waals surface area contributed by atoms with Crippen LogP contribution in [0.5, 0.6) is 0 Å². The molecular weight excluding hydrogens is 268 g/mol. The standard InChI is InChI=1S/C17H32O2S/c1-2-3-4-5-6-7-8-9-10-11-12-13-15-20-16-14-17(18)19/h14,16H,2-13,15H2,1H3,(H,18,19)/b16-14+. The van der Waals surface area contributed by atoms with Crippen molar-refractivity contribution in [2.75, 3.05) is 5.75 Å². The molecule has 20 heavy (non-hydrogen) atoms. The van der Waals surface area contributed by atoms with Crippen molar-refractivity contribution < 1.29 is 9.90 Å². The molecule has 0 radical (unpaired) electrons. The van der Waals surface area contributed by atoms with E-state index in [-0.39, 0.29) is 0 Å². The van der Waals surface area contributed by atoms with Crippen molar-refractivity contribution in [3.8, 4) is 0 Å². The molecule has 0 heterocycles. The highest BCUT2D eigenvalue weighted by Crippen LogP contribution is 2.13. The first-order valence-electron chi connectivity index (χ1n) is 8.28. The fraction of sp³-hybridized carbons (Fsp3) is 0.824. The van der Waals surface area contributed by atoms with E-state index in [0.717, 1.165) is 5.75 Å². The van der Waals surface area contributed by atoms with Crippen LogP contribution in [0.1, 0.15) is 84.0 Å². The Morgan fingerprint density at radius 3 is 1.75 bits per heavy atom. The Balaban J connectivity index is 3.01. The summed E-state index contributed by atoms with van der Waals surface area (Å²) in [6.07, 6.45) is 17.6. The zero-order chi connectivity index (χ0) is 14.9. The molecule has 0 rings (SSSR count). The SMILES string of the molecule is CCCCCCCCCCCCCCS/C=C/C(=O)O. The fourth-order valence-corrected chi connectivity index (χ4v) is 2.92. The average Bonchev–Trinajstić information content (AvgIpc) is 2.43. The molecule has 0 unspecified atom stereocenters. The molecule has 0 saturated heterocycles. The molecule has 0 amide bonds. The maximum absolute atomic E-state index is 10.2. The van der Waals surface area contributed by atoms with Crippen molar-refractivity contribution in [3.63, 3.8) is 0 Å². The second-order valence-electron chi connectivity index (χ2n) is 5.40. The van der Waals surface area contributed by atoms with Gasteiger partial charge >= 0.3 is 5.97 Å². The van der Waals surface area contributed by atoms with E-state index in [2.05, 4.69) is 6.92 Å². The topological polar surface area (TPSA) is 37.3 Å². The maximum atomic E-state index is 10.2. The highest BCUT2D eigenvalue weighted by Gasteiger charge is 1.93. The summed E-state index contributed by atoms with van der Waals surface area (Å²) in [6.45, 7) is 2.26. The minimum Gasteiger partial charge on any atom is -0.478 e. The number of carboxylic acid groups (broad SMARTS) is 1. The summed E-state index contributed by atoms with van der Waals surface area (Å²) < 4.78 is 0. The van der Waals surface area contributed by atoms with Crippen LogP contribution in [-0.2, 0) is 4.79 Å². The van der Waals surface area contributed by atoms with Gasteiger partial charge in [0.25, 0.3) is 0 Å². The molecule has 0 aliphatic rings. The van der Waals surface area contributed by atoms with Crippen molar-refractivity contribution in [2.24, 2.45) is 0 Å². The number of carboxylic acids is 1. The van der Waals surface area contributed by atoms with E-state index in [1.165, 1.54) is 83.1 Å². The second-order valence-corrected chi connectivity index (χ2v) is 6.41. The predicted molar refractivity (Wildman–Crippen MR) is 90.3 cm³/mol. The summed E-state index contributed by atoms with van der Waals surface area (Å²) in [4.78, 5) is 10.2. The number of unbranched alkanes of at least 4 members (excludes halogenated alkanes) is 11. The van der Waals surface area contributed by atoms with Gasteiger partial charge in [0.05, 0.1) is 0 Å². The molecule has 0 aromatic heterocycles. The molecule has 0 aromatic rings. The van der Waals surface area contributed by atoms with E-state index in [9.17, 15) is 4.79 Å².